The molecule has 2 aliphatic rings. The SMILES string of the molecule is O=C(CCC1CCNC1)N1CCc2cc(-c3cccc(F)c3)ccc21. The Kier molecular flexibility index (Phi) is 4.53. The Bertz CT molecular complexity index is 783. The Morgan fingerprint density at radius 3 is 2.88 bits per heavy atom. The number of carbonyl (C=O) groups is 1. The first kappa shape index (κ1) is 16.3. The number of hydrogen-bond donors (Lipinski definition) is 1. The average molecular weight is 338 g/mol. The van der Waals surface area contributed by atoms with E-state index in [-0.39, 0.29) is 11.7 Å². The third-order valence-electron chi connectivity index (χ3n) is 5.36. The van der Waals surface area contributed by atoms with E-state index in [0.717, 1.165) is 49.3 Å². The maximum absolute atomic E-state index is 13.5. The summed E-state index contributed by atoms with van der Waals surface area (Å²) in [5, 5.41) is 3.36. The summed E-state index contributed by atoms with van der Waals surface area (Å²) in [6.45, 7) is 2.87. The summed E-state index contributed by atoms with van der Waals surface area (Å²) < 4.78 is 13.5. The van der Waals surface area contributed by atoms with Gasteiger partial charge in [0.05, 0.1) is 0 Å². The summed E-state index contributed by atoms with van der Waals surface area (Å²) in [7, 11) is 0. The highest BCUT2D eigenvalue weighted by Gasteiger charge is 2.26. The van der Waals surface area contributed by atoms with Crippen molar-refractivity contribution in [2.75, 3.05) is 24.5 Å². The van der Waals surface area contributed by atoms with Crippen LogP contribution < -0.4 is 10.2 Å². The van der Waals surface area contributed by atoms with Gasteiger partial charge in [-0.25, -0.2) is 4.39 Å². The van der Waals surface area contributed by atoms with Gasteiger partial charge in [0, 0.05) is 18.7 Å². The van der Waals surface area contributed by atoms with Crippen molar-refractivity contribution in [2.24, 2.45) is 5.92 Å². The first-order valence-corrected chi connectivity index (χ1v) is 9.10. The third-order valence-corrected chi connectivity index (χ3v) is 5.36. The van der Waals surface area contributed by atoms with Gasteiger partial charge in [0.2, 0.25) is 5.91 Å². The van der Waals surface area contributed by atoms with Crippen molar-refractivity contribution in [2.45, 2.75) is 25.7 Å². The first-order valence-electron chi connectivity index (χ1n) is 9.10. The van der Waals surface area contributed by atoms with E-state index in [2.05, 4.69) is 11.4 Å². The molecule has 0 spiro atoms. The Balaban J connectivity index is 1.48. The molecule has 0 bridgehead atoms. The van der Waals surface area contributed by atoms with Gasteiger partial charge in [0.15, 0.2) is 0 Å². The Morgan fingerprint density at radius 2 is 2.08 bits per heavy atom. The molecule has 0 saturated carbocycles. The predicted octanol–water partition coefficient (Wildman–Crippen LogP) is 3.77. The van der Waals surface area contributed by atoms with Gasteiger partial charge in [-0.15, -0.1) is 0 Å². The van der Waals surface area contributed by atoms with Crippen molar-refractivity contribution in [3.05, 3.63) is 53.8 Å². The van der Waals surface area contributed by atoms with Gasteiger partial charge in [-0.1, -0.05) is 18.2 Å². The van der Waals surface area contributed by atoms with Crippen molar-refractivity contribution < 1.29 is 9.18 Å². The van der Waals surface area contributed by atoms with E-state index in [9.17, 15) is 9.18 Å². The molecule has 130 valence electrons. The fourth-order valence-electron chi connectivity index (χ4n) is 3.93. The average Bonchev–Trinajstić information content (AvgIpc) is 3.28. The van der Waals surface area contributed by atoms with Crippen LogP contribution in [0.3, 0.4) is 0 Å². The molecule has 2 aliphatic heterocycles. The van der Waals surface area contributed by atoms with Crippen molar-refractivity contribution in [3.63, 3.8) is 0 Å². The summed E-state index contributed by atoms with van der Waals surface area (Å²) in [5.74, 6) is 0.640. The molecule has 1 unspecified atom stereocenters. The summed E-state index contributed by atoms with van der Waals surface area (Å²) in [4.78, 5) is 14.5. The number of carbonyl (C=O) groups excluding carboxylic acids is 1. The molecular weight excluding hydrogens is 315 g/mol. The van der Waals surface area contributed by atoms with E-state index in [0.29, 0.717) is 12.3 Å². The Labute approximate surface area is 147 Å². The zero-order valence-electron chi connectivity index (χ0n) is 14.3. The topological polar surface area (TPSA) is 32.3 Å². The Hall–Kier alpha value is -2.20. The molecule has 2 heterocycles. The smallest absolute Gasteiger partial charge is 0.227 e. The summed E-state index contributed by atoms with van der Waals surface area (Å²) >= 11 is 0. The van der Waals surface area contributed by atoms with Gasteiger partial charge in [0.1, 0.15) is 5.82 Å². The van der Waals surface area contributed by atoms with Crippen LogP contribution in [0.5, 0.6) is 0 Å². The van der Waals surface area contributed by atoms with Gasteiger partial charge in [-0.3, -0.25) is 4.79 Å². The summed E-state index contributed by atoms with van der Waals surface area (Å²) in [6.07, 6.45) is 3.65. The van der Waals surface area contributed by atoms with Crippen LogP contribution in [0.15, 0.2) is 42.5 Å². The van der Waals surface area contributed by atoms with Crippen LogP contribution >= 0.6 is 0 Å². The molecule has 1 saturated heterocycles. The highest BCUT2D eigenvalue weighted by molar-refractivity contribution is 5.96. The molecule has 1 N–H and O–H groups in total. The molecule has 1 amide bonds. The molecule has 0 aliphatic carbocycles. The number of hydrogen-bond acceptors (Lipinski definition) is 2. The van der Waals surface area contributed by atoms with Crippen LogP contribution in [-0.4, -0.2) is 25.5 Å². The predicted molar refractivity (Wildman–Crippen MR) is 98.1 cm³/mol. The number of fused-ring (bicyclic) bond motifs is 1. The minimum Gasteiger partial charge on any atom is -0.316 e. The lowest BCUT2D eigenvalue weighted by Gasteiger charge is -2.18. The molecule has 3 nitrogen and oxygen atoms in total. The fourth-order valence-corrected chi connectivity index (χ4v) is 3.93. The van der Waals surface area contributed by atoms with Crippen molar-refractivity contribution in [3.8, 4) is 11.1 Å². The minimum absolute atomic E-state index is 0.226. The standard InChI is InChI=1S/C21H23FN2O/c22-19-3-1-2-16(13-19)17-5-6-20-18(12-17)9-11-24(20)21(25)7-4-15-8-10-23-14-15/h1-3,5-6,12-13,15,23H,4,7-11,14H2. The van der Waals surface area contributed by atoms with Gasteiger partial charge in [-0.2, -0.15) is 0 Å². The molecule has 4 rings (SSSR count). The second-order valence-corrected chi connectivity index (χ2v) is 7.05. The van der Waals surface area contributed by atoms with Gasteiger partial charge in [-0.05, 0) is 79.2 Å². The number of amides is 1. The quantitative estimate of drug-likeness (QED) is 0.920. The molecule has 1 fully saturated rings. The molecule has 1 atom stereocenters. The van der Waals surface area contributed by atoms with E-state index in [1.165, 1.54) is 18.1 Å². The molecule has 25 heavy (non-hydrogen) atoms. The first-order chi connectivity index (χ1) is 12.2. The van der Waals surface area contributed by atoms with Crippen molar-refractivity contribution in [1.82, 2.24) is 5.32 Å². The van der Waals surface area contributed by atoms with E-state index >= 15 is 0 Å². The van der Waals surface area contributed by atoms with Crippen LogP contribution in [0.1, 0.15) is 24.8 Å². The summed E-state index contributed by atoms with van der Waals surface area (Å²) in [6, 6.07) is 12.7. The largest absolute Gasteiger partial charge is 0.316 e. The van der Waals surface area contributed by atoms with Crippen LogP contribution in [0.4, 0.5) is 10.1 Å². The third kappa shape index (κ3) is 3.45. The molecule has 2 aromatic carbocycles. The lowest BCUT2D eigenvalue weighted by molar-refractivity contribution is -0.118. The zero-order valence-corrected chi connectivity index (χ0v) is 14.3. The number of benzene rings is 2. The highest BCUT2D eigenvalue weighted by atomic mass is 19.1. The van der Waals surface area contributed by atoms with E-state index in [1.807, 2.05) is 23.1 Å². The number of halogens is 1. The van der Waals surface area contributed by atoms with Crippen molar-refractivity contribution in [1.29, 1.82) is 0 Å². The van der Waals surface area contributed by atoms with Gasteiger partial charge < -0.3 is 10.2 Å². The van der Waals surface area contributed by atoms with E-state index < -0.39 is 0 Å². The fraction of sp³-hybridized carbons (Fsp3) is 0.381. The number of anilines is 1. The van der Waals surface area contributed by atoms with Gasteiger partial charge >= 0.3 is 0 Å². The molecular formula is C21H23FN2O. The number of nitrogens with one attached hydrogen (secondary N) is 1. The van der Waals surface area contributed by atoms with Crippen LogP contribution in [0.25, 0.3) is 11.1 Å². The normalized spacial score (nSPS) is 19.2. The summed E-state index contributed by atoms with van der Waals surface area (Å²) in [5.41, 5.74) is 4.08. The van der Waals surface area contributed by atoms with E-state index in [4.69, 9.17) is 0 Å². The highest BCUT2D eigenvalue weighted by Crippen LogP contribution is 2.33. The molecule has 0 radical (unpaired) electrons. The van der Waals surface area contributed by atoms with Crippen molar-refractivity contribution >= 4 is 11.6 Å². The van der Waals surface area contributed by atoms with E-state index in [1.54, 1.807) is 12.1 Å². The lowest BCUT2D eigenvalue weighted by atomic mass is 10.0. The molecule has 4 heteroatoms. The van der Waals surface area contributed by atoms with Gasteiger partial charge in [0.25, 0.3) is 0 Å². The lowest BCUT2D eigenvalue weighted by Crippen LogP contribution is -2.29. The monoisotopic (exact) mass is 338 g/mol. The second-order valence-electron chi connectivity index (χ2n) is 7.05. The minimum atomic E-state index is -0.226. The molecule has 0 aromatic heterocycles. The number of nitrogens with zero attached hydrogens (tertiary/aromatic N) is 1. The molecule has 2 aromatic rings. The second kappa shape index (κ2) is 6.96. The van der Waals surface area contributed by atoms with Crippen LogP contribution in [0, 0.1) is 11.7 Å². The number of rotatable bonds is 4. The zero-order chi connectivity index (χ0) is 17.2. The van der Waals surface area contributed by atoms with Crippen LogP contribution in [-0.2, 0) is 11.2 Å². The maximum Gasteiger partial charge on any atom is 0.227 e. The Morgan fingerprint density at radius 1 is 1.20 bits per heavy atom. The maximum atomic E-state index is 13.5. The van der Waals surface area contributed by atoms with Crippen LogP contribution in [0.2, 0.25) is 0 Å².